The largest absolute Gasteiger partial charge is 0.497 e. The Morgan fingerprint density at radius 3 is 2.61 bits per heavy atom. The second-order valence-corrected chi connectivity index (χ2v) is 9.16. The lowest BCUT2D eigenvalue weighted by molar-refractivity contribution is 0.0617. The number of sulfonamides is 1. The third-order valence-corrected chi connectivity index (χ3v) is 5.04. The van der Waals surface area contributed by atoms with Gasteiger partial charge in [0.1, 0.15) is 17.1 Å². The lowest BCUT2D eigenvalue weighted by Crippen LogP contribution is -2.41. The van der Waals surface area contributed by atoms with Gasteiger partial charge in [0.05, 0.1) is 30.7 Å². The third-order valence-electron chi connectivity index (χ3n) is 4.45. The van der Waals surface area contributed by atoms with Crippen molar-refractivity contribution >= 4 is 21.6 Å². The zero-order valence-corrected chi connectivity index (χ0v) is 17.1. The number of anilines is 1. The van der Waals surface area contributed by atoms with Gasteiger partial charge in [-0.25, -0.2) is 8.42 Å². The molecular formula is C20H24N2O5S. The van der Waals surface area contributed by atoms with Crippen LogP contribution in [-0.2, 0) is 10.0 Å². The number of methoxy groups -OCH3 is 1. The molecule has 0 aromatic heterocycles. The first kappa shape index (κ1) is 20.0. The first-order valence-corrected chi connectivity index (χ1v) is 10.7. The fraction of sp³-hybridized carbons (Fsp3) is 0.350. The van der Waals surface area contributed by atoms with E-state index in [9.17, 15) is 13.2 Å². The Morgan fingerprint density at radius 2 is 1.93 bits per heavy atom. The summed E-state index contributed by atoms with van der Waals surface area (Å²) in [5, 5.41) is 3.02. The zero-order chi connectivity index (χ0) is 20.5. The Bertz CT molecular complexity index is 1000. The molecule has 1 aliphatic rings. The second-order valence-electron chi connectivity index (χ2n) is 7.42. The molecule has 150 valence electrons. The number of hydrogen-bond acceptors (Lipinski definition) is 5. The van der Waals surface area contributed by atoms with Gasteiger partial charge in [-0.1, -0.05) is 12.1 Å². The molecule has 7 nitrogen and oxygen atoms in total. The fourth-order valence-electron chi connectivity index (χ4n) is 3.29. The number of carbonyl (C=O) groups excluding carboxylic acids is 1. The summed E-state index contributed by atoms with van der Waals surface area (Å²) in [6, 6.07) is 11.7. The summed E-state index contributed by atoms with van der Waals surface area (Å²) in [5.74, 6) is 0.962. The standard InChI is InChI=1S/C20H24N2O5S/c1-20(2)12-17(14-10-9-13(26-3)11-18(14)27-20)21-19(23)15-7-5-6-8-16(15)22-28(4,24)25/h5-11,17,22H,12H2,1-4H3,(H,21,23)/t17-/m0/s1. The maximum atomic E-state index is 13.0. The Kier molecular flexibility index (Phi) is 5.25. The molecule has 8 heteroatoms. The molecule has 0 unspecified atom stereocenters. The highest BCUT2D eigenvalue weighted by molar-refractivity contribution is 7.92. The molecule has 0 bridgehead atoms. The monoisotopic (exact) mass is 404 g/mol. The summed E-state index contributed by atoms with van der Waals surface area (Å²) in [7, 11) is -1.92. The van der Waals surface area contributed by atoms with Crippen molar-refractivity contribution < 1.29 is 22.7 Å². The molecule has 1 aliphatic heterocycles. The van der Waals surface area contributed by atoms with Crippen molar-refractivity contribution in [3.63, 3.8) is 0 Å². The molecule has 2 aromatic carbocycles. The number of para-hydroxylation sites is 1. The molecule has 2 aromatic rings. The van der Waals surface area contributed by atoms with Gasteiger partial charge in [-0.15, -0.1) is 0 Å². The van der Waals surface area contributed by atoms with E-state index in [1.54, 1.807) is 37.4 Å². The van der Waals surface area contributed by atoms with Gasteiger partial charge in [0.25, 0.3) is 5.91 Å². The van der Waals surface area contributed by atoms with E-state index in [0.29, 0.717) is 17.9 Å². The summed E-state index contributed by atoms with van der Waals surface area (Å²) < 4.78 is 36.9. The number of amides is 1. The predicted octanol–water partition coefficient (Wildman–Crippen LogP) is 3.10. The molecular weight excluding hydrogens is 380 g/mol. The summed E-state index contributed by atoms with van der Waals surface area (Å²) in [5.41, 5.74) is 0.861. The summed E-state index contributed by atoms with van der Waals surface area (Å²) in [6.07, 6.45) is 1.62. The first-order valence-electron chi connectivity index (χ1n) is 8.82. The number of carbonyl (C=O) groups is 1. The van der Waals surface area contributed by atoms with E-state index in [0.717, 1.165) is 11.8 Å². The van der Waals surface area contributed by atoms with Crippen LogP contribution in [0.25, 0.3) is 0 Å². The highest BCUT2D eigenvalue weighted by Crippen LogP contribution is 2.41. The van der Waals surface area contributed by atoms with Crippen molar-refractivity contribution in [2.24, 2.45) is 0 Å². The van der Waals surface area contributed by atoms with Crippen LogP contribution in [0.4, 0.5) is 5.69 Å². The molecule has 1 heterocycles. The van der Waals surface area contributed by atoms with Gasteiger partial charge in [-0.3, -0.25) is 9.52 Å². The molecule has 3 rings (SSSR count). The van der Waals surface area contributed by atoms with Gasteiger partial charge < -0.3 is 14.8 Å². The summed E-state index contributed by atoms with van der Waals surface area (Å²) in [4.78, 5) is 13.0. The van der Waals surface area contributed by atoms with E-state index in [1.165, 1.54) is 0 Å². The van der Waals surface area contributed by atoms with Gasteiger partial charge in [-0.05, 0) is 38.1 Å². The van der Waals surface area contributed by atoms with Crippen LogP contribution in [0.15, 0.2) is 42.5 Å². The molecule has 2 N–H and O–H groups in total. The van der Waals surface area contributed by atoms with E-state index < -0.39 is 15.6 Å². The first-order chi connectivity index (χ1) is 13.1. The number of benzene rings is 2. The Labute approximate surface area is 165 Å². The maximum absolute atomic E-state index is 13.0. The van der Waals surface area contributed by atoms with Gasteiger partial charge in [-0.2, -0.15) is 0 Å². The van der Waals surface area contributed by atoms with Crippen LogP contribution in [0.1, 0.15) is 42.2 Å². The second kappa shape index (κ2) is 7.35. The van der Waals surface area contributed by atoms with Crippen LogP contribution in [0.2, 0.25) is 0 Å². The van der Waals surface area contributed by atoms with Gasteiger partial charge in [0.2, 0.25) is 10.0 Å². The molecule has 1 amide bonds. The molecule has 0 saturated heterocycles. The smallest absolute Gasteiger partial charge is 0.253 e. The van der Waals surface area contributed by atoms with Crippen molar-refractivity contribution in [3.05, 3.63) is 53.6 Å². The molecule has 0 fully saturated rings. The zero-order valence-electron chi connectivity index (χ0n) is 16.3. The normalized spacial score (nSPS) is 17.8. The molecule has 0 radical (unpaired) electrons. The van der Waals surface area contributed by atoms with Crippen LogP contribution in [0, 0.1) is 0 Å². The van der Waals surface area contributed by atoms with Gasteiger partial charge in [0, 0.05) is 18.1 Å². The van der Waals surface area contributed by atoms with E-state index >= 15 is 0 Å². The highest BCUT2D eigenvalue weighted by atomic mass is 32.2. The Hall–Kier alpha value is -2.74. The van der Waals surface area contributed by atoms with Crippen LogP contribution >= 0.6 is 0 Å². The minimum Gasteiger partial charge on any atom is -0.497 e. The number of rotatable bonds is 5. The van der Waals surface area contributed by atoms with Gasteiger partial charge >= 0.3 is 0 Å². The Balaban J connectivity index is 1.91. The molecule has 0 spiro atoms. The van der Waals surface area contributed by atoms with E-state index in [2.05, 4.69) is 10.0 Å². The van der Waals surface area contributed by atoms with Gasteiger partial charge in [0.15, 0.2) is 0 Å². The fourth-order valence-corrected chi connectivity index (χ4v) is 3.87. The third kappa shape index (κ3) is 4.56. The predicted molar refractivity (Wildman–Crippen MR) is 107 cm³/mol. The van der Waals surface area contributed by atoms with E-state index in [1.807, 2.05) is 26.0 Å². The number of hydrogen-bond donors (Lipinski definition) is 2. The number of ether oxygens (including phenoxy) is 2. The number of fused-ring (bicyclic) bond motifs is 1. The van der Waals surface area contributed by atoms with Crippen LogP contribution in [0.5, 0.6) is 11.5 Å². The number of nitrogens with one attached hydrogen (secondary N) is 2. The minimum atomic E-state index is -3.51. The molecule has 0 aliphatic carbocycles. The average molecular weight is 404 g/mol. The van der Waals surface area contributed by atoms with Crippen molar-refractivity contribution in [1.29, 1.82) is 0 Å². The van der Waals surface area contributed by atoms with E-state index in [-0.39, 0.29) is 23.2 Å². The average Bonchev–Trinajstić information content (AvgIpc) is 2.59. The lowest BCUT2D eigenvalue weighted by atomic mass is 9.89. The van der Waals surface area contributed by atoms with Crippen molar-refractivity contribution in [1.82, 2.24) is 5.32 Å². The summed E-state index contributed by atoms with van der Waals surface area (Å²) >= 11 is 0. The van der Waals surface area contributed by atoms with E-state index in [4.69, 9.17) is 9.47 Å². The van der Waals surface area contributed by atoms with Crippen molar-refractivity contribution in [2.75, 3.05) is 18.1 Å². The molecule has 1 atom stereocenters. The maximum Gasteiger partial charge on any atom is 0.253 e. The van der Waals surface area contributed by atoms with Crippen LogP contribution in [0.3, 0.4) is 0 Å². The quantitative estimate of drug-likeness (QED) is 0.799. The van der Waals surface area contributed by atoms with Crippen molar-refractivity contribution in [3.8, 4) is 11.5 Å². The Morgan fingerprint density at radius 1 is 1.21 bits per heavy atom. The lowest BCUT2D eigenvalue weighted by Gasteiger charge is -2.38. The van der Waals surface area contributed by atoms with Crippen LogP contribution in [-0.4, -0.2) is 33.3 Å². The molecule has 28 heavy (non-hydrogen) atoms. The SMILES string of the molecule is COc1ccc2c(c1)OC(C)(C)C[C@@H]2NC(=O)c1ccccc1NS(C)(=O)=O. The minimum absolute atomic E-state index is 0.240. The van der Waals surface area contributed by atoms with Crippen LogP contribution < -0.4 is 19.5 Å². The van der Waals surface area contributed by atoms with Crippen molar-refractivity contribution in [2.45, 2.75) is 31.9 Å². The highest BCUT2D eigenvalue weighted by Gasteiger charge is 2.35. The topological polar surface area (TPSA) is 93.7 Å². The summed E-state index contributed by atoms with van der Waals surface area (Å²) in [6.45, 7) is 3.90. The molecule has 0 saturated carbocycles.